The topological polar surface area (TPSA) is 221 Å². The number of nitrogen functional groups attached to an aromatic ring is 1. The number of carbonyl (C=O) groups is 3. The zero-order valence-corrected chi connectivity index (χ0v) is 38.6. The predicted molar refractivity (Wildman–Crippen MR) is 233 cm³/mol. The van der Waals surface area contributed by atoms with Crippen LogP contribution in [0.15, 0.2) is 30.9 Å². The van der Waals surface area contributed by atoms with Crippen molar-refractivity contribution >= 4 is 58.1 Å². The minimum Gasteiger partial charge on any atom is -0.458 e. The number of anilines is 3. The van der Waals surface area contributed by atoms with Gasteiger partial charge in [-0.1, -0.05) is 27.7 Å². The van der Waals surface area contributed by atoms with Crippen LogP contribution in [0.25, 0.3) is 11.2 Å². The number of pyridine rings is 1. The van der Waals surface area contributed by atoms with E-state index in [1.807, 2.05) is 52.2 Å². The number of Topliss-reactive ketones (excluding diaryl/α,β-unsaturated/α-hetero) is 1. The summed E-state index contributed by atoms with van der Waals surface area (Å²) in [5.41, 5.74) is 4.75. The molecule has 0 spiro atoms. The van der Waals surface area contributed by atoms with E-state index in [1.165, 1.54) is 18.1 Å². The Bertz CT molecular complexity index is 2060. The minimum absolute atomic E-state index is 0.0433. The number of cyclic esters (lactones) is 1. The predicted octanol–water partition coefficient (Wildman–Crippen LogP) is 5.50. The molecule has 3 saturated heterocycles. The zero-order chi connectivity index (χ0) is 45.3. The van der Waals surface area contributed by atoms with Gasteiger partial charge in [-0.05, 0) is 71.9 Å². The van der Waals surface area contributed by atoms with Gasteiger partial charge in [-0.3, -0.25) is 23.9 Å². The molecule has 6 rings (SSSR count). The minimum atomic E-state index is -1.36. The number of ketones is 1. The van der Waals surface area contributed by atoms with E-state index in [9.17, 15) is 19.5 Å². The van der Waals surface area contributed by atoms with Crippen molar-refractivity contribution in [2.45, 2.75) is 147 Å². The lowest BCUT2D eigenvalue weighted by molar-refractivity contribution is -0.296. The molecule has 18 heteroatoms. The number of nitrogens with one attached hydrogen (secondary N) is 1. The summed E-state index contributed by atoms with van der Waals surface area (Å²) in [6.07, 6.45) is 2.16. The molecule has 3 aliphatic rings. The van der Waals surface area contributed by atoms with Crippen LogP contribution < -0.4 is 11.1 Å². The molecule has 4 N–H and O–H groups in total. The molecule has 0 aliphatic carbocycles. The third-order valence-corrected chi connectivity index (χ3v) is 14.8. The Hall–Kier alpha value is -3.94. The Morgan fingerprint density at radius 3 is 2.42 bits per heavy atom. The van der Waals surface area contributed by atoms with Crippen molar-refractivity contribution in [3.8, 4) is 0 Å². The van der Waals surface area contributed by atoms with E-state index >= 15 is 0 Å². The smallest absolute Gasteiger partial charge is 0.320 e. The Balaban J connectivity index is 1.31. The van der Waals surface area contributed by atoms with Gasteiger partial charge in [-0.15, -0.1) is 11.8 Å². The molecule has 0 radical (unpaired) electrons. The zero-order valence-electron chi connectivity index (χ0n) is 37.8. The molecule has 3 aromatic rings. The fourth-order valence-corrected chi connectivity index (χ4v) is 11.5. The molecule has 6 heterocycles. The maximum atomic E-state index is 14.7. The average molecular weight is 884 g/mol. The molecule has 62 heavy (non-hydrogen) atoms. The number of aliphatic hydroxyl groups is 1. The average Bonchev–Trinajstić information content (AvgIpc) is 3.72. The van der Waals surface area contributed by atoms with E-state index in [2.05, 4.69) is 20.3 Å². The van der Waals surface area contributed by atoms with Crippen LogP contribution >= 0.6 is 11.8 Å². The summed E-state index contributed by atoms with van der Waals surface area (Å²) in [5, 5.41) is 13.4. The normalized spacial score (nSPS) is 37.4. The van der Waals surface area contributed by atoms with E-state index in [-0.39, 0.29) is 23.9 Å². The monoisotopic (exact) mass is 883 g/mol. The van der Waals surface area contributed by atoms with Gasteiger partial charge in [0, 0.05) is 56.9 Å². The Labute approximate surface area is 368 Å². The molecule has 0 amide bonds. The Morgan fingerprint density at radius 2 is 1.76 bits per heavy atom. The summed E-state index contributed by atoms with van der Waals surface area (Å²) in [6, 6.07) is 3.66. The maximum absolute atomic E-state index is 14.7. The number of hydrogen-bond donors (Lipinski definition) is 3. The van der Waals surface area contributed by atoms with Crippen molar-refractivity contribution in [3.05, 3.63) is 30.9 Å². The second kappa shape index (κ2) is 19.0. The van der Waals surface area contributed by atoms with Gasteiger partial charge in [0.2, 0.25) is 5.95 Å². The van der Waals surface area contributed by atoms with Crippen molar-refractivity contribution in [1.29, 1.82) is 0 Å². The second-order valence-electron chi connectivity index (χ2n) is 18.1. The highest BCUT2D eigenvalue weighted by molar-refractivity contribution is 8.00. The lowest BCUT2D eigenvalue weighted by Gasteiger charge is -2.46. The van der Waals surface area contributed by atoms with Crippen molar-refractivity contribution in [2.75, 3.05) is 31.0 Å². The third kappa shape index (κ3) is 9.46. The first-order valence-corrected chi connectivity index (χ1v) is 22.7. The first-order chi connectivity index (χ1) is 29.3. The molecule has 3 aliphatic heterocycles. The summed E-state index contributed by atoms with van der Waals surface area (Å²) in [6.45, 7) is 17.1. The largest absolute Gasteiger partial charge is 0.458 e. The van der Waals surface area contributed by atoms with Gasteiger partial charge < -0.3 is 44.6 Å². The number of imidazole rings is 1. The number of aromatic nitrogens is 5. The highest BCUT2D eigenvalue weighted by Crippen LogP contribution is 2.49. The van der Waals surface area contributed by atoms with E-state index in [4.69, 9.17) is 39.1 Å². The van der Waals surface area contributed by atoms with Gasteiger partial charge in [0.15, 0.2) is 28.9 Å². The number of ether oxygens (including phenoxy) is 6. The van der Waals surface area contributed by atoms with Crippen molar-refractivity contribution in [2.24, 2.45) is 29.6 Å². The van der Waals surface area contributed by atoms with E-state index in [0.717, 1.165) is 0 Å². The number of esters is 2. The lowest BCUT2D eigenvalue weighted by atomic mass is 9.70. The molecule has 17 nitrogen and oxygen atoms in total. The summed E-state index contributed by atoms with van der Waals surface area (Å²) in [4.78, 5) is 60.9. The highest BCUT2D eigenvalue weighted by atomic mass is 32.2. The first kappa shape index (κ1) is 47.5. The van der Waals surface area contributed by atoms with Crippen LogP contribution in [0, 0.1) is 29.6 Å². The van der Waals surface area contributed by atoms with Crippen LogP contribution in [0.3, 0.4) is 0 Å². The number of hydrogen-bond acceptors (Lipinski definition) is 17. The highest BCUT2D eigenvalue weighted by Gasteiger charge is 2.61. The van der Waals surface area contributed by atoms with Crippen molar-refractivity contribution in [3.63, 3.8) is 0 Å². The Kier molecular flexibility index (Phi) is 14.6. The van der Waals surface area contributed by atoms with Crippen molar-refractivity contribution < 1.29 is 47.9 Å². The standard InChI is InChI=1S/C44H65N7O10S/c1-12-29-44(9)31(35(40(55)61-44)62-17-16-51-38-32(37(45)47-22-48-38)50-41(51)49-28-14-13-15-46-21-28)25(4)33(52)23(2)18-42(7,56-10)19-24(3)34(26(5)39(54)59-29)60-30-20-43(8,57-11)36(53)27(6)58-30/h13-15,21-27,29-31,34-36,53H,12,16-20H2,1-11H3,(H,49,50)(H2,45,47,48)/t23-,24-,25?,26-,27+,29-,30+,31+,34+,35+,36+,42-,43-,44-/m1/s1. The van der Waals surface area contributed by atoms with Crippen LogP contribution in [-0.4, -0.2) is 120 Å². The number of nitrogens with two attached hydrogens (primary N) is 1. The van der Waals surface area contributed by atoms with Gasteiger partial charge in [0.05, 0.1) is 41.2 Å². The molecule has 0 aromatic carbocycles. The van der Waals surface area contributed by atoms with Crippen LogP contribution in [0.4, 0.5) is 17.5 Å². The van der Waals surface area contributed by atoms with Crippen LogP contribution in [0.5, 0.6) is 0 Å². The molecular formula is C44H65N7O10S. The molecule has 342 valence electrons. The number of fused-ring (bicyclic) bond motifs is 2. The van der Waals surface area contributed by atoms with E-state index in [0.29, 0.717) is 54.4 Å². The van der Waals surface area contributed by atoms with E-state index < -0.39 is 88.4 Å². The first-order valence-electron chi connectivity index (χ1n) is 21.6. The quantitative estimate of drug-likeness (QED) is 0.202. The molecular weight excluding hydrogens is 819 g/mol. The number of aryl methyl sites for hydroxylation is 1. The van der Waals surface area contributed by atoms with Gasteiger partial charge in [0.25, 0.3) is 0 Å². The molecule has 3 fully saturated rings. The Morgan fingerprint density at radius 1 is 1.02 bits per heavy atom. The second-order valence-corrected chi connectivity index (χ2v) is 19.3. The van der Waals surface area contributed by atoms with Gasteiger partial charge >= 0.3 is 11.9 Å². The summed E-state index contributed by atoms with van der Waals surface area (Å²) in [7, 11) is 3.17. The summed E-state index contributed by atoms with van der Waals surface area (Å²) in [5.74, 6) is -2.87. The fourth-order valence-electron chi connectivity index (χ4n) is 10.0. The number of carbonyl (C=O) groups excluding carboxylic acids is 3. The van der Waals surface area contributed by atoms with Crippen LogP contribution in [0.2, 0.25) is 0 Å². The third-order valence-electron chi connectivity index (χ3n) is 13.6. The molecule has 3 aromatic heterocycles. The molecule has 14 atom stereocenters. The maximum Gasteiger partial charge on any atom is 0.320 e. The van der Waals surface area contributed by atoms with Crippen LogP contribution in [0.1, 0.15) is 88.0 Å². The molecule has 0 bridgehead atoms. The summed E-state index contributed by atoms with van der Waals surface area (Å²) >= 11 is 1.38. The number of methoxy groups -OCH3 is 2. The van der Waals surface area contributed by atoms with Gasteiger partial charge in [-0.25, -0.2) is 15.0 Å². The fraction of sp³-hybridized carbons (Fsp3) is 0.705. The summed E-state index contributed by atoms with van der Waals surface area (Å²) < 4.78 is 39.4. The lowest BCUT2D eigenvalue weighted by Crippen LogP contribution is -2.57. The van der Waals surface area contributed by atoms with Crippen LogP contribution in [-0.2, 0) is 49.3 Å². The van der Waals surface area contributed by atoms with Gasteiger partial charge in [0.1, 0.15) is 29.6 Å². The number of nitrogens with zero attached hydrogens (tertiary/aromatic N) is 5. The van der Waals surface area contributed by atoms with Gasteiger partial charge in [-0.2, -0.15) is 0 Å². The van der Waals surface area contributed by atoms with Crippen molar-refractivity contribution in [1.82, 2.24) is 24.5 Å². The number of rotatable bonds is 11. The number of thioether (sulfide) groups is 1. The SMILES string of the molecule is CC[C@H]1OC(=O)[C@H](C)[C@@H](O[C@H]2C[C@@](C)(OC)[C@@H](O)[C@H](C)O2)[C@H](C)C[C@](C)(OC)C[C@@H](C)C(=O)C(C)[C@H]2[C@H](SCCn3c(Nc4cccnc4)nc4c(N)ncnc43)C(=O)O[C@]12C. The van der Waals surface area contributed by atoms with E-state index in [1.54, 1.807) is 53.5 Å². The molecule has 0 saturated carbocycles. The number of aliphatic hydroxyl groups excluding tert-OH is 1. The molecule has 1 unspecified atom stereocenters.